The molecule has 7 heteroatoms. The first-order valence-electron chi connectivity index (χ1n) is 11.7. The average molecular weight is 475 g/mol. The Morgan fingerprint density at radius 3 is 2.36 bits per heavy atom. The number of carbonyl (C=O) groups excluding carboxylic acids is 1. The number of benzene rings is 3. The maximum atomic E-state index is 12.8. The lowest BCUT2D eigenvalue weighted by molar-refractivity contribution is 0.102. The van der Waals surface area contributed by atoms with Gasteiger partial charge in [-0.1, -0.05) is 24.3 Å². The van der Waals surface area contributed by atoms with Gasteiger partial charge in [0.05, 0.1) is 11.2 Å². The number of nitrogens with two attached hydrogens (primary N) is 1. The van der Waals surface area contributed by atoms with Crippen LogP contribution in [0, 0.1) is 13.8 Å². The molecular weight excluding hydrogens is 448 g/mol. The van der Waals surface area contributed by atoms with E-state index in [1.807, 2.05) is 55.5 Å². The number of anilines is 4. The summed E-state index contributed by atoms with van der Waals surface area (Å²) in [5.74, 6) is 0.109. The van der Waals surface area contributed by atoms with E-state index in [9.17, 15) is 4.79 Å². The van der Waals surface area contributed by atoms with Gasteiger partial charge >= 0.3 is 0 Å². The lowest BCUT2D eigenvalue weighted by Gasteiger charge is -2.11. The number of nitrogen functional groups attached to an aromatic ring is 1. The number of nitrogens with one attached hydrogen (secondary N) is 2. The number of fused-ring (bicyclic) bond motifs is 1. The first-order valence-corrected chi connectivity index (χ1v) is 11.7. The minimum atomic E-state index is -0.168. The Labute approximate surface area is 209 Å². The molecule has 5 aromatic rings. The molecule has 5 rings (SSSR count). The van der Waals surface area contributed by atoms with Gasteiger partial charge in [-0.05, 0) is 79.6 Å². The Morgan fingerprint density at radius 2 is 1.61 bits per heavy atom. The van der Waals surface area contributed by atoms with E-state index in [-0.39, 0.29) is 11.9 Å². The number of hydrogen-bond acceptors (Lipinski definition) is 6. The number of aromatic nitrogens is 3. The molecule has 0 unspecified atom stereocenters. The predicted octanol–water partition coefficient (Wildman–Crippen LogP) is 5.81. The van der Waals surface area contributed by atoms with Crippen LogP contribution in [-0.4, -0.2) is 20.9 Å². The number of hydrogen-bond donors (Lipinski definition) is 3. The molecule has 0 fully saturated rings. The van der Waals surface area contributed by atoms with Gasteiger partial charge in [-0.2, -0.15) is 0 Å². The topological polar surface area (TPSA) is 106 Å². The smallest absolute Gasteiger partial charge is 0.255 e. The zero-order valence-electron chi connectivity index (χ0n) is 20.1. The second kappa shape index (κ2) is 9.84. The molecule has 0 spiro atoms. The van der Waals surface area contributed by atoms with E-state index in [1.165, 1.54) is 5.56 Å². The quantitative estimate of drug-likeness (QED) is 0.287. The molecule has 4 N–H and O–H groups in total. The van der Waals surface area contributed by atoms with E-state index in [2.05, 4.69) is 50.7 Å². The molecule has 178 valence electrons. The van der Waals surface area contributed by atoms with Gasteiger partial charge in [0.25, 0.3) is 5.91 Å². The normalized spacial score (nSPS) is 10.8. The summed E-state index contributed by atoms with van der Waals surface area (Å²) in [5.41, 5.74) is 13.8. The largest absolute Gasteiger partial charge is 0.368 e. The van der Waals surface area contributed by atoms with Crippen LogP contribution in [0.2, 0.25) is 0 Å². The fraction of sp³-hybridized carbons (Fsp3) is 0.103. The van der Waals surface area contributed by atoms with Crippen molar-refractivity contribution >= 4 is 39.8 Å². The highest BCUT2D eigenvalue weighted by molar-refractivity contribution is 6.04. The van der Waals surface area contributed by atoms with Crippen LogP contribution >= 0.6 is 0 Å². The third kappa shape index (κ3) is 5.31. The van der Waals surface area contributed by atoms with Crippen LogP contribution in [0.5, 0.6) is 0 Å². The molecule has 3 aromatic carbocycles. The zero-order chi connectivity index (χ0) is 25.1. The molecule has 1 amide bonds. The summed E-state index contributed by atoms with van der Waals surface area (Å²) < 4.78 is 0. The Kier molecular flexibility index (Phi) is 6.28. The van der Waals surface area contributed by atoms with E-state index >= 15 is 0 Å². The van der Waals surface area contributed by atoms with Gasteiger partial charge in [0.1, 0.15) is 0 Å². The Bertz CT molecular complexity index is 1530. The summed E-state index contributed by atoms with van der Waals surface area (Å²) in [6.07, 6.45) is 2.43. The lowest BCUT2D eigenvalue weighted by Crippen LogP contribution is -2.11. The number of pyridine rings is 1. The average Bonchev–Trinajstić information content (AvgIpc) is 2.85. The molecule has 36 heavy (non-hydrogen) atoms. The van der Waals surface area contributed by atoms with E-state index in [4.69, 9.17) is 5.73 Å². The third-order valence-electron chi connectivity index (χ3n) is 5.85. The third-order valence-corrected chi connectivity index (χ3v) is 5.85. The molecule has 0 radical (unpaired) electrons. The summed E-state index contributed by atoms with van der Waals surface area (Å²) in [7, 11) is 0. The zero-order valence-corrected chi connectivity index (χ0v) is 20.1. The second-order valence-electron chi connectivity index (χ2n) is 8.77. The highest BCUT2D eigenvalue weighted by Crippen LogP contribution is 2.26. The molecule has 0 bridgehead atoms. The second-order valence-corrected chi connectivity index (χ2v) is 8.77. The van der Waals surface area contributed by atoms with E-state index in [0.29, 0.717) is 12.0 Å². The van der Waals surface area contributed by atoms with Crippen molar-refractivity contribution in [2.45, 2.75) is 20.3 Å². The van der Waals surface area contributed by atoms with Crippen molar-refractivity contribution in [3.63, 3.8) is 0 Å². The van der Waals surface area contributed by atoms with Gasteiger partial charge in [0.15, 0.2) is 0 Å². The Balaban J connectivity index is 1.23. The van der Waals surface area contributed by atoms with E-state index < -0.39 is 0 Å². The van der Waals surface area contributed by atoms with Gasteiger partial charge in [0, 0.05) is 46.3 Å². The van der Waals surface area contributed by atoms with Crippen LogP contribution in [-0.2, 0) is 6.42 Å². The van der Waals surface area contributed by atoms with Crippen molar-refractivity contribution in [3.05, 3.63) is 113 Å². The number of aryl methyl sites for hydroxylation is 2. The molecule has 0 saturated heterocycles. The molecule has 0 saturated carbocycles. The number of rotatable bonds is 6. The van der Waals surface area contributed by atoms with Gasteiger partial charge in [-0.15, -0.1) is 0 Å². The van der Waals surface area contributed by atoms with Gasteiger partial charge in [-0.25, -0.2) is 9.97 Å². The van der Waals surface area contributed by atoms with Gasteiger partial charge in [-0.3, -0.25) is 9.78 Å². The van der Waals surface area contributed by atoms with Crippen LogP contribution < -0.4 is 16.4 Å². The van der Waals surface area contributed by atoms with Crippen molar-refractivity contribution in [2.75, 3.05) is 16.4 Å². The van der Waals surface area contributed by atoms with Crippen LogP contribution in [0.1, 0.15) is 32.9 Å². The van der Waals surface area contributed by atoms with Crippen LogP contribution in [0.4, 0.5) is 23.0 Å². The van der Waals surface area contributed by atoms with Crippen molar-refractivity contribution in [1.29, 1.82) is 0 Å². The number of carbonyl (C=O) groups is 1. The molecule has 0 aliphatic heterocycles. The monoisotopic (exact) mass is 474 g/mol. The SMILES string of the molecule is Cc1ccc2c(Nc3ccc(C(=O)Nc4ccc(Cc5cc(C)nc(N)n5)cc4)cc3)ccnc2c1. The number of nitrogens with zero attached hydrogens (tertiary/aromatic N) is 3. The van der Waals surface area contributed by atoms with Crippen LogP contribution in [0.15, 0.2) is 85.1 Å². The lowest BCUT2D eigenvalue weighted by atomic mass is 10.1. The van der Waals surface area contributed by atoms with Crippen molar-refractivity contribution in [1.82, 2.24) is 15.0 Å². The maximum Gasteiger partial charge on any atom is 0.255 e. The fourth-order valence-corrected chi connectivity index (χ4v) is 4.09. The van der Waals surface area contributed by atoms with Crippen molar-refractivity contribution in [3.8, 4) is 0 Å². The molecular formula is C29H26N6O. The Hall–Kier alpha value is -4.78. The van der Waals surface area contributed by atoms with Crippen LogP contribution in [0.25, 0.3) is 10.9 Å². The van der Waals surface area contributed by atoms with Crippen molar-refractivity contribution < 1.29 is 4.79 Å². The molecule has 2 aromatic heterocycles. The molecule has 0 aliphatic rings. The standard InChI is InChI=1S/C29H26N6O/c1-18-3-12-25-26(13-14-31-27(25)15-18)33-22-10-6-21(7-11-22)28(36)34-23-8-4-20(5-9-23)17-24-16-19(2)32-29(30)35-24/h3-16H,17H2,1-2H3,(H,31,33)(H,34,36)(H2,30,32,35). The van der Waals surface area contributed by atoms with Crippen LogP contribution in [0.3, 0.4) is 0 Å². The molecule has 0 aliphatic carbocycles. The van der Waals surface area contributed by atoms with E-state index in [0.717, 1.165) is 44.9 Å². The first-order chi connectivity index (χ1) is 17.4. The minimum absolute atomic E-state index is 0.168. The molecule has 7 nitrogen and oxygen atoms in total. The fourth-order valence-electron chi connectivity index (χ4n) is 4.09. The predicted molar refractivity (Wildman–Crippen MR) is 145 cm³/mol. The number of amides is 1. The maximum absolute atomic E-state index is 12.8. The minimum Gasteiger partial charge on any atom is -0.368 e. The van der Waals surface area contributed by atoms with E-state index in [1.54, 1.807) is 18.3 Å². The Morgan fingerprint density at radius 1 is 0.861 bits per heavy atom. The van der Waals surface area contributed by atoms with Gasteiger partial charge < -0.3 is 16.4 Å². The molecule has 0 atom stereocenters. The van der Waals surface area contributed by atoms with Gasteiger partial charge in [0.2, 0.25) is 5.95 Å². The summed E-state index contributed by atoms with van der Waals surface area (Å²) in [6.45, 7) is 3.95. The highest BCUT2D eigenvalue weighted by Gasteiger charge is 2.08. The summed E-state index contributed by atoms with van der Waals surface area (Å²) in [6, 6.07) is 25.2. The summed E-state index contributed by atoms with van der Waals surface area (Å²) in [5, 5.41) is 7.43. The summed E-state index contributed by atoms with van der Waals surface area (Å²) >= 11 is 0. The summed E-state index contributed by atoms with van der Waals surface area (Å²) in [4.78, 5) is 25.6. The first kappa shape index (κ1) is 23.0. The van der Waals surface area contributed by atoms with Crippen molar-refractivity contribution in [2.24, 2.45) is 0 Å². The highest BCUT2D eigenvalue weighted by atomic mass is 16.1. The molecule has 2 heterocycles.